The van der Waals surface area contributed by atoms with E-state index >= 15 is 0 Å². The summed E-state index contributed by atoms with van der Waals surface area (Å²) in [5.41, 5.74) is 2.31. The highest BCUT2D eigenvalue weighted by Crippen LogP contribution is 2.07. The van der Waals surface area contributed by atoms with E-state index in [0.717, 1.165) is 5.56 Å². The Morgan fingerprint density at radius 3 is 2.12 bits per heavy atom. The third-order valence-corrected chi connectivity index (χ3v) is 1.63. The Balaban J connectivity index is 0.000000487. The lowest BCUT2D eigenvalue weighted by atomic mass is 10.1. The maximum Gasteiger partial charge on any atom is 0.182 e. The number of carbonyl (C=O) groups is 2. The van der Waals surface area contributed by atoms with Crippen LogP contribution in [0.3, 0.4) is 0 Å². The van der Waals surface area contributed by atoms with Crippen molar-refractivity contribution in [2.45, 2.75) is 0 Å². The van der Waals surface area contributed by atoms with E-state index in [4.69, 9.17) is 9.59 Å². The molecule has 0 saturated heterocycles. The summed E-state index contributed by atoms with van der Waals surface area (Å²) in [7, 11) is 0. The summed E-state index contributed by atoms with van der Waals surface area (Å²) in [5.74, 6) is 0. The van der Waals surface area contributed by atoms with Crippen LogP contribution in [0.25, 0.3) is 12.2 Å². The molecule has 0 unspecified atom stereocenters. The summed E-state index contributed by atoms with van der Waals surface area (Å²) in [6, 6.07) is 8.16. The lowest BCUT2D eigenvalue weighted by Crippen LogP contribution is -1.73. The molecule has 2 heteroatoms. The molecule has 0 N–H and O–H groups in total. The first-order chi connectivity index (χ1) is 7.78. The first kappa shape index (κ1) is 13.8. The molecular weight excluding hydrogens is 200 g/mol. The molecule has 0 heterocycles. The van der Waals surface area contributed by atoms with Crippen LogP contribution in [0.2, 0.25) is 0 Å². The van der Waals surface area contributed by atoms with Crippen molar-refractivity contribution in [3.8, 4) is 0 Å². The van der Waals surface area contributed by atoms with E-state index in [1.807, 2.05) is 36.4 Å². The van der Waals surface area contributed by atoms with Gasteiger partial charge in [0.15, 0.2) is 12.6 Å². The van der Waals surface area contributed by atoms with Crippen molar-refractivity contribution >= 4 is 24.7 Å². The molecule has 0 aliphatic carbocycles. The van der Waals surface area contributed by atoms with Gasteiger partial charge in [0.2, 0.25) is 0 Å². The Morgan fingerprint density at radius 2 is 1.62 bits per heavy atom. The van der Waals surface area contributed by atoms with Crippen molar-refractivity contribution in [2.75, 3.05) is 0 Å². The fourth-order valence-corrected chi connectivity index (χ4v) is 0.969. The van der Waals surface area contributed by atoms with Gasteiger partial charge in [-0.3, -0.25) is 9.59 Å². The zero-order chi connectivity index (χ0) is 12.2. The quantitative estimate of drug-likeness (QED) is 0.438. The Hall–Kier alpha value is -2.22. The third-order valence-electron chi connectivity index (χ3n) is 1.63. The minimum absolute atomic E-state index is 0.194. The predicted molar refractivity (Wildman–Crippen MR) is 67.9 cm³/mol. The maximum absolute atomic E-state index is 8.81. The minimum atomic E-state index is 0.194. The molecule has 0 bridgehead atoms. The molecule has 0 atom stereocenters. The van der Waals surface area contributed by atoms with Gasteiger partial charge in [0.25, 0.3) is 0 Å². The van der Waals surface area contributed by atoms with E-state index in [1.165, 1.54) is 5.56 Å². The number of hydrogen-bond donors (Lipinski definition) is 0. The van der Waals surface area contributed by atoms with E-state index in [2.05, 4.69) is 19.2 Å². The van der Waals surface area contributed by atoms with Crippen molar-refractivity contribution in [1.82, 2.24) is 0 Å². The average Bonchev–Trinajstić information content (AvgIpc) is 2.37. The van der Waals surface area contributed by atoms with Gasteiger partial charge < -0.3 is 0 Å². The van der Waals surface area contributed by atoms with Gasteiger partial charge in [-0.2, -0.15) is 0 Å². The zero-order valence-electron chi connectivity index (χ0n) is 9.00. The Kier molecular flexibility index (Phi) is 8.04. The van der Waals surface area contributed by atoms with Gasteiger partial charge in [0.05, 0.1) is 0 Å². The summed E-state index contributed by atoms with van der Waals surface area (Å²) in [6.07, 6.45) is 7.92. The fourth-order valence-electron chi connectivity index (χ4n) is 0.969. The van der Waals surface area contributed by atoms with Gasteiger partial charge in [0.1, 0.15) is 0 Å². The van der Waals surface area contributed by atoms with Crippen LogP contribution < -0.4 is 0 Å². The molecule has 0 spiro atoms. The highest BCUT2D eigenvalue weighted by molar-refractivity contribution is 6.09. The summed E-state index contributed by atoms with van der Waals surface area (Å²) in [5, 5.41) is 0. The minimum Gasteiger partial charge on any atom is -0.295 e. The van der Waals surface area contributed by atoms with Crippen LogP contribution in [0.5, 0.6) is 0 Å². The van der Waals surface area contributed by atoms with Crippen LogP contribution in [0.15, 0.2) is 49.6 Å². The number of benzene rings is 1. The number of aldehydes is 2. The Morgan fingerprint density at radius 1 is 1.00 bits per heavy atom. The Bertz CT molecular complexity index is 383. The van der Waals surface area contributed by atoms with Gasteiger partial charge in [-0.05, 0) is 17.2 Å². The molecule has 0 amide bonds. The largest absolute Gasteiger partial charge is 0.295 e. The van der Waals surface area contributed by atoms with Crippen LogP contribution in [0.4, 0.5) is 0 Å². The summed E-state index contributed by atoms with van der Waals surface area (Å²) < 4.78 is 0. The van der Waals surface area contributed by atoms with Crippen molar-refractivity contribution in [3.05, 3.63) is 60.7 Å². The molecule has 0 saturated carbocycles. The number of carbonyl (C=O) groups excluding carboxylic acids is 2. The molecule has 0 fully saturated rings. The van der Waals surface area contributed by atoms with Crippen molar-refractivity contribution < 1.29 is 9.59 Å². The Labute approximate surface area is 95.6 Å². The molecule has 1 rings (SSSR count). The molecule has 0 radical (unpaired) electrons. The van der Waals surface area contributed by atoms with Crippen molar-refractivity contribution in [2.24, 2.45) is 0 Å². The second kappa shape index (κ2) is 9.34. The van der Waals surface area contributed by atoms with E-state index in [9.17, 15) is 0 Å². The van der Waals surface area contributed by atoms with Gasteiger partial charge in [0, 0.05) is 0 Å². The molecular formula is C14H14O2. The monoisotopic (exact) mass is 214 g/mol. The van der Waals surface area contributed by atoms with Crippen LogP contribution in [-0.4, -0.2) is 12.6 Å². The van der Waals surface area contributed by atoms with E-state index in [1.54, 1.807) is 6.08 Å². The van der Waals surface area contributed by atoms with E-state index < -0.39 is 0 Å². The second-order valence-corrected chi connectivity index (χ2v) is 2.74. The van der Waals surface area contributed by atoms with Gasteiger partial charge in [-0.1, -0.05) is 55.7 Å². The molecule has 1 aromatic carbocycles. The smallest absolute Gasteiger partial charge is 0.182 e. The molecule has 0 aliphatic heterocycles. The third kappa shape index (κ3) is 6.27. The summed E-state index contributed by atoms with van der Waals surface area (Å²) in [6.45, 7) is 7.32. The topological polar surface area (TPSA) is 34.1 Å². The molecule has 16 heavy (non-hydrogen) atoms. The molecule has 0 aliphatic rings. The maximum atomic E-state index is 8.81. The highest BCUT2D eigenvalue weighted by Gasteiger charge is 1.86. The van der Waals surface area contributed by atoms with Crippen LogP contribution in [-0.2, 0) is 9.59 Å². The molecule has 82 valence electrons. The first-order valence-corrected chi connectivity index (χ1v) is 4.69. The van der Waals surface area contributed by atoms with E-state index in [0.29, 0.717) is 0 Å². The highest BCUT2D eigenvalue weighted by atomic mass is 16.2. The standard InChI is InChI=1S/C12H12.C2H2O2/c1-3-5-7-12-9-6-8-11(4-2)10-12;3-1-2-4/h3-10H,1-2H2;1-2H. The summed E-state index contributed by atoms with van der Waals surface area (Å²) >= 11 is 0. The van der Waals surface area contributed by atoms with Crippen LogP contribution in [0.1, 0.15) is 11.1 Å². The van der Waals surface area contributed by atoms with Crippen molar-refractivity contribution in [3.63, 3.8) is 0 Å². The van der Waals surface area contributed by atoms with Gasteiger partial charge >= 0.3 is 0 Å². The molecule has 2 nitrogen and oxygen atoms in total. The normalized spacial score (nSPS) is 8.75. The number of hydrogen-bond acceptors (Lipinski definition) is 2. The lowest BCUT2D eigenvalue weighted by Gasteiger charge is -1.94. The zero-order valence-corrected chi connectivity index (χ0v) is 9.00. The van der Waals surface area contributed by atoms with E-state index in [-0.39, 0.29) is 12.6 Å². The van der Waals surface area contributed by atoms with Crippen LogP contribution >= 0.6 is 0 Å². The lowest BCUT2D eigenvalue weighted by molar-refractivity contribution is -0.122. The van der Waals surface area contributed by atoms with Crippen LogP contribution in [0, 0.1) is 0 Å². The second-order valence-electron chi connectivity index (χ2n) is 2.74. The van der Waals surface area contributed by atoms with Crippen molar-refractivity contribution in [1.29, 1.82) is 0 Å². The van der Waals surface area contributed by atoms with Gasteiger partial charge in [-0.15, -0.1) is 0 Å². The molecule has 1 aromatic rings. The predicted octanol–water partition coefficient (Wildman–Crippen LogP) is 2.91. The first-order valence-electron chi connectivity index (χ1n) is 4.69. The number of rotatable bonds is 4. The average molecular weight is 214 g/mol. The fraction of sp³-hybridized carbons (Fsp3) is 0. The molecule has 0 aromatic heterocycles. The summed E-state index contributed by atoms with van der Waals surface area (Å²) in [4.78, 5) is 17.6. The van der Waals surface area contributed by atoms with Gasteiger partial charge in [-0.25, -0.2) is 0 Å². The number of allylic oxidation sites excluding steroid dienone is 2. The SMILES string of the molecule is C=CC=Cc1cccc(C=C)c1.O=CC=O.